The Labute approximate surface area is 253 Å². The third-order valence-corrected chi connectivity index (χ3v) is 9.08. The molecule has 1 aromatic heterocycles. The monoisotopic (exact) mass is 607 g/mol. The maximum atomic E-state index is 14.8. The van der Waals surface area contributed by atoms with Crippen molar-refractivity contribution in [1.29, 1.82) is 0 Å². The number of hydrogen-bond acceptors (Lipinski definition) is 7. The minimum Gasteiger partial charge on any atom is -0.444 e. The van der Waals surface area contributed by atoms with Crippen LogP contribution in [0.25, 0.3) is 11.0 Å². The normalized spacial score (nSPS) is 22.1. The fourth-order valence-corrected chi connectivity index (χ4v) is 6.60. The van der Waals surface area contributed by atoms with Gasteiger partial charge < -0.3 is 19.0 Å². The molecule has 3 aliphatic heterocycles. The Morgan fingerprint density at radius 3 is 2.70 bits per heavy atom. The molecule has 3 aliphatic rings. The molecule has 4 heterocycles. The zero-order valence-electron chi connectivity index (χ0n) is 23.8. The van der Waals surface area contributed by atoms with Crippen LogP contribution in [0.5, 0.6) is 11.5 Å². The average molecular weight is 608 g/mol. The number of imidazole rings is 1. The number of aromatic amines is 1. The van der Waals surface area contributed by atoms with Crippen LogP contribution in [0, 0.1) is 5.82 Å². The highest BCUT2D eigenvalue weighted by molar-refractivity contribution is 6.30. The number of rotatable bonds is 7. The van der Waals surface area contributed by atoms with Crippen molar-refractivity contribution in [2.75, 3.05) is 19.7 Å². The summed E-state index contributed by atoms with van der Waals surface area (Å²) >= 11 is 5.98. The molecule has 43 heavy (non-hydrogen) atoms. The zero-order chi connectivity index (χ0) is 29.7. The lowest BCUT2D eigenvalue weighted by Crippen LogP contribution is -2.48. The quantitative estimate of drug-likeness (QED) is 0.223. The number of carbonyl (C=O) groups is 1. The summed E-state index contributed by atoms with van der Waals surface area (Å²) in [5.41, 5.74) is 3.65. The van der Waals surface area contributed by atoms with E-state index in [0.717, 1.165) is 67.9 Å². The molecule has 3 N–H and O–H groups in total. The lowest BCUT2D eigenvalue weighted by Gasteiger charge is -2.32. The largest absolute Gasteiger partial charge is 0.444 e. The number of H-pyrrole nitrogens is 1. The van der Waals surface area contributed by atoms with Crippen molar-refractivity contribution < 1.29 is 32.8 Å². The first kappa shape index (κ1) is 28.1. The van der Waals surface area contributed by atoms with Crippen molar-refractivity contribution in [2.45, 2.75) is 57.1 Å². The molecule has 0 amide bonds. The van der Waals surface area contributed by atoms with Crippen LogP contribution in [-0.4, -0.2) is 41.7 Å². The van der Waals surface area contributed by atoms with Gasteiger partial charge in [0.15, 0.2) is 22.5 Å². The number of carbonyl (C=O) groups excluding carboxylic acids is 1. The number of halogens is 2. The van der Waals surface area contributed by atoms with Gasteiger partial charge in [0, 0.05) is 36.6 Å². The first-order chi connectivity index (χ1) is 20.8. The van der Waals surface area contributed by atoms with Crippen LogP contribution in [0.4, 0.5) is 4.39 Å². The molecule has 2 fully saturated rings. The molecule has 3 aromatic carbocycles. The summed E-state index contributed by atoms with van der Waals surface area (Å²) in [7, 11) is 0. The number of piperidine rings is 1. The maximum absolute atomic E-state index is 14.8. The average Bonchev–Trinajstić information content (AvgIpc) is 3.51. The van der Waals surface area contributed by atoms with E-state index in [9.17, 15) is 9.18 Å². The Kier molecular flexibility index (Phi) is 7.25. The highest BCUT2D eigenvalue weighted by atomic mass is 35.5. The van der Waals surface area contributed by atoms with E-state index in [-0.39, 0.29) is 12.0 Å². The number of nitrogens with two attached hydrogens (primary N) is 1. The Balaban J connectivity index is 1.08. The van der Waals surface area contributed by atoms with Crippen LogP contribution < -0.4 is 19.9 Å². The molecule has 0 aliphatic carbocycles. The third kappa shape index (κ3) is 5.22. The van der Waals surface area contributed by atoms with Crippen molar-refractivity contribution in [3.05, 3.63) is 88.0 Å². The molecule has 0 bridgehead atoms. The van der Waals surface area contributed by atoms with Gasteiger partial charge in [0.25, 0.3) is 11.6 Å². The fraction of sp³-hybridized carbons (Fsp3) is 0.375. The molecule has 4 aromatic rings. The molecule has 0 radical (unpaired) electrons. The van der Waals surface area contributed by atoms with Crippen LogP contribution in [0.2, 0.25) is 5.02 Å². The number of hydrogen-bond donors (Lipinski definition) is 2. The molecule has 0 saturated carbocycles. The van der Waals surface area contributed by atoms with Gasteiger partial charge in [-0.3, -0.25) is 4.90 Å². The zero-order valence-corrected chi connectivity index (χ0v) is 24.5. The summed E-state index contributed by atoms with van der Waals surface area (Å²) in [6, 6.07) is 15.9. The SMILES string of the molecule is C[C@]1(c2ccc(Cl)cc2F)Oc2cccc(C3CCN(Cc4[nH]c5ccc(C(=O)ON)cc5[n+]4C[C@@H]4CCO4)CC3)c2O1. The lowest BCUT2D eigenvalue weighted by molar-refractivity contribution is -0.690. The van der Waals surface area contributed by atoms with Crippen molar-refractivity contribution in [1.82, 2.24) is 9.88 Å². The van der Waals surface area contributed by atoms with Gasteiger partial charge in [-0.1, -0.05) is 23.7 Å². The van der Waals surface area contributed by atoms with Crippen LogP contribution >= 0.6 is 11.6 Å². The van der Waals surface area contributed by atoms with E-state index in [4.69, 9.17) is 31.7 Å². The van der Waals surface area contributed by atoms with E-state index in [1.54, 1.807) is 25.1 Å². The van der Waals surface area contributed by atoms with E-state index in [1.165, 1.54) is 6.07 Å². The highest BCUT2D eigenvalue weighted by Gasteiger charge is 2.43. The van der Waals surface area contributed by atoms with Crippen molar-refractivity contribution >= 4 is 28.6 Å². The number of nitrogens with one attached hydrogen (secondary N) is 1. The molecule has 0 unspecified atom stereocenters. The molecule has 2 saturated heterocycles. The number of aromatic nitrogens is 2. The molecular formula is C32H33ClFN4O5+. The number of benzene rings is 3. The molecule has 9 nitrogen and oxygen atoms in total. The summed E-state index contributed by atoms with van der Waals surface area (Å²) in [4.78, 5) is 22.6. The highest BCUT2D eigenvalue weighted by Crippen LogP contribution is 2.49. The van der Waals surface area contributed by atoms with E-state index < -0.39 is 17.6 Å². The second kappa shape index (κ2) is 11.1. The minimum atomic E-state index is -1.28. The van der Waals surface area contributed by atoms with Crippen LogP contribution in [0.1, 0.15) is 59.4 Å². The van der Waals surface area contributed by atoms with Gasteiger partial charge in [-0.05, 0) is 68.2 Å². The Bertz CT molecular complexity index is 1700. The van der Waals surface area contributed by atoms with Crippen molar-refractivity contribution in [3.8, 4) is 11.5 Å². The molecule has 11 heteroatoms. The molecule has 224 valence electrons. The third-order valence-electron chi connectivity index (χ3n) is 8.85. The maximum Gasteiger partial charge on any atom is 0.356 e. The summed E-state index contributed by atoms with van der Waals surface area (Å²) in [5, 5.41) is 0.322. The summed E-state index contributed by atoms with van der Waals surface area (Å²) in [6.45, 7) is 5.71. The molecule has 7 rings (SSSR count). The molecule has 0 spiro atoms. The summed E-state index contributed by atoms with van der Waals surface area (Å²) in [6.07, 6.45) is 3.02. The molecular weight excluding hydrogens is 575 g/mol. The van der Waals surface area contributed by atoms with Crippen LogP contribution in [-0.2, 0) is 28.5 Å². The predicted octanol–water partition coefficient (Wildman–Crippen LogP) is 5.09. The predicted molar refractivity (Wildman–Crippen MR) is 156 cm³/mol. The Morgan fingerprint density at radius 2 is 1.98 bits per heavy atom. The number of likely N-dealkylation sites (tertiary alicyclic amines) is 1. The van der Waals surface area contributed by atoms with E-state index in [1.807, 2.05) is 24.3 Å². The van der Waals surface area contributed by atoms with Crippen LogP contribution in [0.3, 0.4) is 0 Å². The second-order valence-electron chi connectivity index (χ2n) is 11.6. The molecule has 2 atom stereocenters. The van der Waals surface area contributed by atoms with E-state index in [2.05, 4.69) is 25.4 Å². The topological polar surface area (TPSA) is 103 Å². The van der Waals surface area contributed by atoms with Gasteiger partial charge in [-0.2, -0.15) is 5.90 Å². The first-order valence-corrected chi connectivity index (χ1v) is 14.9. The van der Waals surface area contributed by atoms with Gasteiger partial charge >= 0.3 is 5.97 Å². The Morgan fingerprint density at radius 1 is 1.16 bits per heavy atom. The van der Waals surface area contributed by atoms with Crippen LogP contribution in [0.15, 0.2) is 54.6 Å². The smallest absolute Gasteiger partial charge is 0.356 e. The standard InChI is InChI=1S/C32H32ClFN4O5/c1-32(24-7-6-21(33)16-25(24)34)41-28-4-2-3-23(30(28)42-32)19-9-12-37(13-10-19)18-29-36-26-8-5-20(31(39)43-35)15-27(26)38(29)17-22-11-14-40-22/h2-8,15-16,19,22H,9-14,17-18,35H2,1H3/p+1/t22-,32-/m0/s1. The Hall–Kier alpha value is -3.70. The summed E-state index contributed by atoms with van der Waals surface area (Å²) in [5.74, 6) is 5.45. The van der Waals surface area contributed by atoms with Crippen molar-refractivity contribution in [3.63, 3.8) is 0 Å². The van der Waals surface area contributed by atoms with E-state index in [0.29, 0.717) is 34.2 Å². The number of fused-ring (bicyclic) bond motifs is 2. The summed E-state index contributed by atoms with van der Waals surface area (Å²) < 4.78 is 35.3. The number of nitrogens with zero attached hydrogens (tertiary/aromatic N) is 2. The second-order valence-corrected chi connectivity index (χ2v) is 12.0. The first-order valence-electron chi connectivity index (χ1n) is 14.6. The fourth-order valence-electron chi connectivity index (χ4n) is 6.44. The van der Waals surface area contributed by atoms with Gasteiger partial charge in [0.05, 0.1) is 17.2 Å². The van der Waals surface area contributed by atoms with Gasteiger partial charge in [-0.15, -0.1) is 0 Å². The lowest BCUT2D eigenvalue weighted by atomic mass is 9.88. The van der Waals surface area contributed by atoms with Gasteiger partial charge in [0.1, 0.15) is 18.9 Å². The van der Waals surface area contributed by atoms with Gasteiger partial charge in [0.2, 0.25) is 0 Å². The van der Waals surface area contributed by atoms with E-state index >= 15 is 0 Å². The number of ether oxygens (including phenoxy) is 3. The minimum absolute atomic E-state index is 0.146. The van der Waals surface area contributed by atoms with Gasteiger partial charge in [-0.25, -0.2) is 18.7 Å². The van der Waals surface area contributed by atoms with Crippen molar-refractivity contribution in [2.24, 2.45) is 5.90 Å². The number of para-hydroxylation sites is 1.